The maximum atomic E-state index is 11.9. The predicted octanol–water partition coefficient (Wildman–Crippen LogP) is 4.64. The number of hydrogen-bond donors (Lipinski definition) is 1. The Bertz CT molecular complexity index is 1300. The van der Waals surface area contributed by atoms with Gasteiger partial charge in [-0.05, 0) is 85.8 Å². The van der Waals surface area contributed by atoms with E-state index in [0.717, 1.165) is 35.9 Å². The molecule has 0 bridgehead atoms. The van der Waals surface area contributed by atoms with E-state index >= 15 is 0 Å². The minimum Gasteiger partial charge on any atom is -0.478 e. The quantitative estimate of drug-likeness (QED) is 0.440. The van der Waals surface area contributed by atoms with Crippen molar-refractivity contribution < 1.29 is 9.90 Å². The molecule has 0 unspecified atom stereocenters. The van der Waals surface area contributed by atoms with Gasteiger partial charge in [-0.1, -0.05) is 61.5 Å². The number of rotatable bonds is 10. The molecule has 0 radical (unpaired) electrons. The Balaban J connectivity index is 1.55. The van der Waals surface area contributed by atoms with E-state index in [1.807, 2.05) is 19.2 Å². The lowest BCUT2D eigenvalue weighted by Gasteiger charge is -2.16. The molecule has 0 amide bonds. The van der Waals surface area contributed by atoms with E-state index in [1.54, 1.807) is 11.1 Å². The van der Waals surface area contributed by atoms with Crippen molar-refractivity contribution >= 4 is 12.0 Å². The number of carboxylic acids is 1. The minimum absolute atomic E-state index is 0.235. The number of aromatic carboxylic acids is 1. The fourth-order valence-corrected chi connectivity index (χ4v) is 4.75. The second-order valence-corrected chi connectivity index (χ2v) is 9.41. The molecule has 0 aliphatic carbocycles. The van der Waals surface area contributed by atoms with Crippen LogP contribution < -0.4 is 10.6 Å². The number of aryl methyl sites for hydroxylation is 1. The zero-order valence-electron chi connectivity index (χ0n) is 21.0. The van der Waals surface area contributed by atoms with Crippen LogP contribution in [-0.4, -0.2) is 54.7 Å². The molecule has 1 heterocycles. The average molecular weight is 470 g/mol. The lowest BCUT2D eigenvalue weighted by Crippen LogP contribution is -2.38. The number of carboxylic acid groups (broad SMARTS) is 1. The van der Waals surface area contributed by atoms with Crippen molar-refractivity contribution in [2.75, 3.05) is 33.7 Å². The summed E-state index contributed by atoms with van der Waals surface area (Å²) in [5.74, 6) is -0.956. The molecule has 3 aromatic rings. The Labute approximate surface area is 208 Å². The Morgan fingerprint density at radius 2 is 1.74 bits per heavy atom. The van der Waals surface area contributed by atoms with E-state index < -0.39 is 5.97 Å². The van der Waals surface area contributed by atoms with Gasteiger partial charge in [0.1, 0.15) is 5.36 Å². The van der Waals surface area contributed by atoms with Crippen LogP contribution in [0.1, 0.15) is 42.1 Å². The standard InChI is InChI=1S/C30H35N3O2/c1-4-17-32(2)18-8-7-10-23-9-5-6-11-27(23)24-14-12-22(13-15-24)26-20-25-16-19-33(3)31-29(25)28(21-26)30(34)35/h5-6,9,11-16,20-21H,4,7-8,10,17-19H2,1-3H3,(H,34,35). The molecular formula is C30H35N3O2. The van der Waals surface area contributed by atoms with Crippen molar-refractivity contribution in [3.8, 4) is 22.3 Å². The summed E-state index contributed by atoms with van der Waals surface area (Å²) < 4.78 is 0. The second kappa shape index (κ2) is 11.3. The third kappa shape index (κ3) is 5.98. The number of unbranched alkanes of at least 4 members (excludes halogenated alkanes) is 1. The van der Waals surface area contributed by atoms with Crippen molar-refractivity contribution in [2.45, 2.75) is 32.6 Å². The number of carbonyl (C=O) groups is 1. The summed E-state index contributed by atoms with van der Waals surface area (Å²) in [7, 11) is 4.05. The van der Waals surface area contributed by atoms with Gasteiger partial charge in [-0.15, -0.1) is 0 Å². The third-order valence-corrected chi connectivity index (χ3v) is 6.60. The highest BCUT2D eigenvalue weighted by Gasteiger charge is 2.14. The molecule has 5 nitrogen and oxygen atoms in total. The topological polar surface area (TPSA) is 56.1 Å². The van der Waals surface area contributed by atoms with E-state index in [2.05, 4.69) is 72.5 Å². The molecule has 182 valence electrons. The van der Waals surface area contributed by atoms with Crippen LogP contribution in [0.15, 0.2) is 65.8 Å². The Hall–Kier alpha value is -3.44. The summed E-state index contributed by atoms with van der Waals surface area (Å²) >= 11 is 0. The van der Waals surface area contributed by atoms with Crippen LogP contribution in [0.25, 0.3) is 28.3 Å². The van der Waals surface area contributed by atoms with Gasteiger partial charge in [-0.2, -0.15) is 5.10 Å². The van der Waals surface area contributed by atoms with Crippen molar-refractivity contribution in [3.05, 3.63) is 82.4 Å². The first kappa shape index (κ1) is 24.7. The number of benzene rings is 3. The highest BCUT2D eigenvalue weighted by atomic mass is 16.4. The first-order valence-electron chi connectivity index (χ1n) is 12.5. The second-order valence-electron chi connectivity index (χ2n) is 9.41. The lowest BCUT2D eigenvalue weighted by atomic mass is 9.94. The molecule has 4 rings (SSSR count). The molecule has 1 N–H and O–H groups in total. The van der Waals surface area contributed by atoms with Crippen LogP contribution in [0.3, 0.4) is 0 Å². The zero-order valence-corrected chi connectivity index (χ0v) is 21.0. The van der Waals surface area contributed by atoms with Crippen molar-refractivity contribution in [2.24, 2.45) is 5.10 Å². The maximum Gasteiger partial charge on any atom is 0.338 e. The molecule has 0 atom stereocenters. The molecule has 1 aliphatic rings. The van der Waals surface area contributed by atoms with Crippen LogP contribution in [0.2, 0.25) is 0 Å². The maximum absolute atomic E-state index is 11.9. The number of fused-ring (bicyclic) bond motifs is 1. The minimum atomic E-state index is -0.956. The smallest absolute Gasteiger partial charge is 0.338 e. The molecule has 0 saturated carbocycles. The van der Waals surface area contributed by atoms with Crippen molar-refractivity contribution in [1.82, 2.24) is 9.91 Å². The lowest BCUT2D eigenvalue weighted by molar-refractivity contribution is 0.0694. The van der Waals surface area contributed by atoms with Crippen molar-refractivity contribution in [1.29, 1.82) is 0 Å². The molecule has 0 fully saturated rings. The molecule has 3 aromatic carbocycles. The molecular weight excluding hydrogens is 434 g/mol. The summed E-state index contributed by atoms with van der Waals surface area (Å²) in [6.45, 7) is 5.19. The first-order chi connectivity index (χ1) is 17.0. The van der Waals surface area contributed by atoms with Gasteiger partial charge in [-0.3, -0.25) is 5.01 Å². The van der Waals surface area contributed by atoms with E-state index in [-0.39, 0.29) is 5.56 Å². The molecule has 1 aliphatic heterocycles. The molecule has 0 spiro atoms. The van der Waals surface area contributed by atoms with Gasteiger partial charge < -0.3 is 10.0 Å². The largest absolute Gasteiger partial charge is 0.478 e. The SMILES string of the molecule is CCCN(C)CCCCc1ccccc1-c1ccc(-c2cc(C(=O)O)c3c(c2)=CCN(C)N=3)cc1. The zero-order chi connectivity index (χ0) is 24.8. The fourth-order valence-electron chi connectivity index (χ4n) is 4.75. The number of nitrogens with zero attached hydrogens (tertiary/aromatic N) is 3. The summed E-state index contributed by atoms with van der Waals surface area (Å²) in [6, 6.07) is 20.9. The first-order valence-corrected chi connectivity index (χ1v) is 12.5. The average Bonchev–Trinajstić information content (AvgIpc) is 2.86. The van der Waals surface area contributed by atoms with Crippen molar-refractivity contribution in [3.63, 3.8) is 0 Å². The van der Waals surface area contributed by atoms with Crippen LogP contribution in [0.4, 0.5) is 0 Å². The molecule has 5 heteroatoms. The third-order valence-electron chi connectivity index (χ3n) is 6.60. The van der Waals surface area contributed by atoms with Crippen LogP contribution in [-0.2, 0) is 6.42 Å². The normalized spacial score (nSPS) is 12.7. The Morgan fingerprint density at radius 1 is 1.00 bits per heavy atom. The number of hydrogen-bond acceptors (Lipinski definition) is 4. The van der Waals surface area contributed by atoms with E-state index in [4.69, 9.17) is 0 Å². The van der Waals surface area contributed by atoms with Gasteiger partial charge >= 0.3 is 5.97 Å². The highest BCUT2D eigenvalue weighted by Crippen LogP contribution is 2.28. The molecule has 0 saturated heterocycles. The van der Waals surface area contributed by atoms with E-state index in [0.29, 0.717) is 11.9 Å². The van der Waals surface area contributed by atoms with Crippen LogP contribution >= 0.6 is 0 Å². The predicted molar refractivity (Wildman–Crippen MR) is 143 cm³/mol. The van der Waals surface area contributed by atoms with Gasteiger partial charge in [0.2, 0.25) is 0 Å². The Kier molecular flexibility index (Phi) is 7.98. The summed E-state index contributed by atoms with van der Waals surface area (Å²) in [5, 5.41) is 17.4. The van der Waals surface area contributed by atoms with Crippen LogP contribution in [0.5, 0.6) is 0 Å². The van der Waals surface area contributed by atoms with Gasteiger partial charge in [0, 0.05) is 12.3 Å². The van der Waals surface area contributed by atoms with E-state index in [9.17, 15) is 9.90 Å². The van der Waals surface area contributed by atoms with Crippen LogP contribution in [0, 0.1) is 0 Å². The monoisotopic (exact) mass is 469 g/mol. The molecule has 0 aromatic heterocycles. The van der Waals surface area contributed by atoms with Gasteiger partial charge in [-0.25, -0.2) is 4.79 Å². The van der Waals surface area contributed by atoms with Gasteiger partial charge in [0.25, 0.3) is 0 Å². The molecule has 35 heavy (non-hydrogen) atoms. The van der Waals surface area contributed by atoms with E-state index in [1.165, 1.54) is 36.0 Å². The summed E-state index contributed by atoms with van der Waals surface area (Å²) in [5.41, 5.74) is 5.97. The highest BCUT2D eigenvalue weighted by molar-refractivity contribution is 5.89. The summed E-state index contributed by atoms with van der Waals surface area (Å²) in [4.78, 5) is 14.3. The fraction of sp³-hybridized carbons (Fsp3) is 0.333. The van der Waals surface area contributed by atoms with Gasteiger partial charge in [0.05, 0.1) is 12.1 Å². The summed E-state index contributed by atoms with van der Waals surface area (Å²) in [6.07, 6.45) is 6.67. The van der Waals surface area contributed by atoms with Gasteiger partial charge in [0.15, 0.2) is 0 Å². The Morgan fingerprint density at radius 3 is 2.49 bits per heavy atom.